The molecule has 0 radical (unpaired) electrons. The molecule has 0 aliphatic carbocycles. The molecule has 102 valence electrons. The summed E-state index contributed by atoms with van der Waals surface area (Å²) in [6, 6.07) is 8.77. The Kier molecular flexibility index (Phi) is 3.80. The lowest BCUT2D eigenvalue weighted by molar-refractivity contribution is -0.130. The number of fused-ring (bicyclic) bond motifs is 1. The average Bonchev–Trinajstić information content (AvgIpc) is 2.83. The minimum atomic E-state index is 0.210. The van der Waals surface area contributed by atoms with Crippen molar-refractivity contribution >= 4 is 17.7 Å². The van der Waals surface area contributed by atoms with Crippen molar-refractivity contribution in [1.82, 2.24) is 9.80 Å². The van der Waals surface area contributed by atoms with Crippen molar-refractivity contribution in [1.29, 1.82) is 0 Å². The number of nitrogens with zero attached hydrogens (tertiary/aromatic N) is 2. The summed E-state index contributed by atoms with van der Waals surface area (Å²) in [6.07, 6.45) is 0. The molecule has 1 fully saturated rings. The number of thioether (sulfide) groups is 1. The minimum Gasteiger partial charge on any atom is -0.340 e. The summed E-state index contributed by atoms with van der Waals surface area (Å²) >= 11 is 1.98. The standard InChI is InChI=1S/C15H20N2OS/c1-12(18)17-8-6-16(7-9-17)10-13-11-19-15-5-3-2-4-14(13)15/h2-5,13H,6-11H2,1H3. The van der Waals surface area contributed by atoms with Crippen LogP contribution in [-0.2, 0) is 4.79 Å². The number of amides is 1. The van der Waals surface area contributed by atoms with Crippen molar-refractivity contribution in [3.05, 3.63) is 29.8 Å². The third-order valence-corrected chi connectivity index (χ3v) is 5.35. The van der Waals surface area contributed by atoms with E-state index in [1.165, 1.54) is 16.2 Å². The first kappa shape index (κ1) is 13.0. The molecule has 2 aliphatic heterocycles. The Morgan fingerprint density at radius 1 is 1.26 bits per heavy atom. The predicted molar refractivity (Wildman–Crippen MR) is 78.6 cm³/mol. The fourth-order valence-corrected chi connectivity index (χ4v) is 4.18. The summed E-state index contributed by atoms with van der Waals surface area (Å²) in [5.74, 6) is 2.07. The monoisotopic (exact) mass is 276 g/mol. The van der Waals surface area contributed by atoms with Gasteiger partial charge in [0.1, 0.15) is 0 Å². The molecule has 1 aromatic rings. The molecule has 0 N–H and O–H groups in total. The maximum atomic E-state index is 11.3. The molecule has 3 nitrogen and oxygen atoms in total. The van der Waals surface area contributed by atoms with Crippen LogP contribution in [0.25, 0.3) is 0 Å². The lowest BCUT2D eigenvalue weighted by Gasteiger charge is -2.35. The van der Waals surface area contributed by atoms with Crippen LogP contribution >= 0.6 is 11.8 Å². The van der Waals surface area contributed by atoms with Crippen LogP contribution in [0.4, 0.5) is 0 Å². The molecule has 3 rings (SSSR count). The van der Waals surface area contributed by atoms with Gasteiger partial charge in [-0.2, -0.15) is 0 Å². The van der Waals surface area contributed by atoms with Crippen LogP contribution in [0.15, 0.2) is 29.2 Å². The van der Waals surface area contributed by atoms with Crippen molar-refractivity contribution in [2.45, 2.75) is 17.7 Å². The van der Waals surface area contributed by atoms with Gasteiger partial charge in [0.25, 0.3) is 0 Å². The number of hydrogen-bond donors (Lipinski definition) is 0. The number of carbonyl (C=O) groups is 1. The van der Waals surface area contributed by atoms with Crippen LogP contribution in [0, 0.1) is 0 Å². The first-order valence-electron chi connectivity index (χ1n) is 6.93. The number of rotatable bonds is 2. The summed E-state index contributed by atoms with van der Waals surface area (Å²) < 4.78 is 0. The summed E-state index contributed by atoms with van der Waals surface area (Å²) in [5.41, 5.74) is 1.52. The summed E-state index contributed by atoms with van der Waals surface area (Å²) in [7, 11) is 0. The van der Waals surface area contributed by atoms with E-state index in [2.05, 4.69) is 29.2 Å². The average molecular weight is 276 g/mol. The molecular formula is C15H20N2OS. The molecule has 19 heavy (non-hydrogen) atoms. The zero-order valence-electron chi connectivity index (χ0n) is 11.3. The van der Waals surface area contributed by atoms with Crippen molar-refractivity contribution < 1.29 is 4.79 Å². The van der Waals surface area contributed by atoms with E-state index in [9.17, 15) is 4.79 Å². The van der Waals surface area contributed by atoms with E-state index in [1.807, 2.05) is 16.7 Å². The molecule has 1 saturated heterocycles. The molecule has 0 spiro atoms. The molecule has 4 heteroatoms. The van der Waals surface area contributed by atoms with Gasteiger partial charge < -0.3 is 4.90 Å². The van der Waals surface area contributed by atoms with Gasteiger partial charge in [-0.3, -0.25) is 9.69 Å². The van der Waals surface area contributed by atoms with Gasteiger partial charge >= 0.3 is 0 Å². The molecule has 1 unspecified atom stereocenters. The number of benzene rings is 1. The number of hydrogen-bond acceptors (Lipinski definition) is 3. The van der Waals surface area contributed by atoms with E-state index in [0.29, 0.717) is 5.92 Å². The van der Waals surface area contributed by atoms with Crippen LogP contribution < -0.4 is 0 Å². The Morgan fingerprint density at radius 2 is 2.00 bits per heavy atom. The van der Waals surface area contributed by atoms with Crippen LogP contribution in [0.1, 0.15) is 18.4 Å². The minimum absolute atomic E-state index is 0.210. The van der Waals surface area contributed by atoms with Gasteiger partial charge in [0.05, 0.1) is 0 Å². The second-order valence-electron chi connectivity index (χ2n) is 5.35. The van der Waals surface area contributed by atoms with Crippen LogP contribution in [0.2, 0.25) is 0 Å². The Balaban J connectivity index is 1.58. The Labute approximate surface area is 119 Å². The Bertz CT molecular complexity index is 469. The zero-order valence-corrected chi connectivity index (χ0v) is 12.2. The molecule has 0 aromatic heterocycles. The highest BCUT2D eigenvalue weighted by Crippen LogP contribution is 2.39. The first-order valence-corrected chi connectivity index (χ1v) is 7.92. The van der Waals surface area contributed by atoms with Gasteiger partial charge in [0, 0.05) is 56.2 Å². The van der Waals surface area contributed by atoms with Gasteiger partial charge in [0.2, 0.25) is 5.91 Å². The van der Waals surface area contributed by atoms with E-state index in [1.54, 1.807) is 6.92 Å². The molecule has 1 amide bonds. The SMILES string of the molecule is CC(=O)N1CCN(CC2CSc3ccccc32)CC1. The molecule has 0 saturated carbocycles. The summed E-state index contributed by atoms with van der Waals surface area (Å²) in [6.45, 7) is 6.61. The molecular weight excluding hydrogens is 256 g/mol. The second kappa shape index (κ2) is 5.55. The van der Waals surface area contributed by atoms with E-state index in [4.69, 9.17) is 0 Å². The lowest BCUT2D eigenvalue weighted by atomic mass is 10.0. The third kappa shape index (κ3) is 2.79. The van der Waals surface area contributed by atoms with Crippen molar-refractivity contribution in [2.75, 3.05) is 38.5 Å². The van der Waals surface area contributed by atoms with Gasteiger partial charge in [0.15, 0.2) is 0 Å². The van der Waals surface area contributed by atoms with Crippen LogP contribution in [0.5, 0.6) is 0 Å². The van der Waals surface area contributed by atoms with E-state index >= 15 is 0 Å². The third-order valence-electron chi connectivity index (χ3n) is 4.10. The van der Waals surface area contributed by atoms with Crippen LogP contribution in [0.3, 0.4) is 0 Å². The van der Waals surface area contributed by atoms with E-state index in [0.717, 1.165) is 32.7 Å². The fraction of sp³-hybridized carbons (Fsp3) is 0.533. The van der Waals surface area contributed by atoms with Crippen molar-refractivity contribution in [2.24, 2.45) is 0 Å². The molecule has 1 atom stereocenters. The van der Waals surface area contributed by atoms with Gasteiger partial charge in [-0.05, 0) is 11.6 Å². The molecule has 2 aliphatic rings. The second-order valence-corrected chi connectivity index (χ2v) is 6.41. The highest BCUT2D eigenvalue weighted by atomic mass is 32.2. The summed E-state index contributed by atoms with van der Waals surface area (Å²) in [5, 5.41) is 0. The fourth-order valence-electron chi connectivity index (χ4n) is 2.94. The topological polar surface area (TPSA) is 23.6 Å². The first-order chi connectivity index (χ1) is 9.24. The molecule has 1 aromatic carbocycles. The summed E-state index contributed by atoms with van der Waals surface area (Å²) in [4.78, 5) is 17.2. The largest absolute Gasteiger partial charge is 0.340 e. The quantitative estimate of drug-likeness (QED) is 0.826. The van der Waals surface area contributed by atoms with E-state index < -0.39 is 0 Å². The van der Waals surface area contributed by atoms with Crippen molar-refractivity contribution in [3.8, 4) is 0 Å². The maximum absolute atomic E-state index is 11.3. The molecule has 2 heterocycles. The maximum Gasteiger partial charge on any atom is 0.219 e. The van der Waals surface area contributed by atoms with Gasteiger partial charge in [-0.15, -0.1) is 11.8 Å². The predicted octanol–water partition coefficient (Wildman–Crippen LogP) is 2.04. The van der Waals surface area contributed by atoms with Gasteiger partial charge in [-0.1, -0.05) is 18.2 Å². The Hall–Kier alpha value is -1.00. The molecule has 0 bridgehead atoms. The normalized spacial score (nSPS) is 23.4. The van der Waals surface area contributed by atoms with E-state index in [-0.39, 0.29) is 5.91 Å². The number of carbonyl (C=O) groups excluding carboxylic acids is 1. The number of piperazine rings is 1. The highest BCUT2D eigenvalue weighted by molar-refractivity contribution is 7.99. The van der Waals surface area contributed by atoms with Crippen molar-refractivity contribution in [3.63, 3.8) is 0 Å². The van der Waals surface area contributed by atoms with Crippen LogP contribution in [-0.4, -0.2) is 54.2 Å². The highest BCUT2D eigenvalue weighted by Gasteiger charge is 2.26. The zero-order chi connectivity index (χ0) is 13.2. The Morgan fingerprint density at radius 3 is 2.74 bits per heavy atom. The lowest BCUT2D eigenvalue weighted by Crippen LogP contribution is -2.48. The smallest absolute Gasteiger partial charge is 0.219 e. The van der Waals surface area contributed by atoms with Gasteiger partial charge in [-0.25, -0.2) is 0 Å².